The SMILES string of the molecule is CC[C@@H]1CN(CC(=O)O)[C@H](CC)CN(CC(=O)O)[C@H](CC)CN(CC(=O)O)[C@H](CC)CN1CC(=O)O. The molecule has 4 N–H and O–H groups in total. The van der Waals surface area contributed by atoms with Gasteiger partial charge in [-0.3, -0.25) is 38.8 Å². The molecule has 1 aliphatic rings. The van der Waals surface area contributed by atoms with Gasteiger partial charge in [0, 0.05) is 50.3 Å². The van der Waals surface area contributed by atoms with E-state index in [-0.39, 0.29) is 50.3 Å². The van der Waals surface area contributed by atoms with E-state index in [9.17, 15) is 39.6 Å². The van der Waals surface area contributed by atoms with Gasteiger partial charge in [-0.05, 0) is 25.7 Å². The van der Waals surface area contributed by atoms with Gasteiger partial charge in [0.05, 0.1) is 26.2 Å². The summed E-state index contributed by atoms with van der Waals surface area (Å²) >= 11 is 0. The molecule has 0 bridgehead atoms. The van der Waals surface area contributed by atoms with Gasteiger partial charge < -0.3 is 20.4 Å². The molecule has 36 heavy (non-hydrogen) atoms. The lowest BCUT2D eigenvalue weighted by atomic mass is 10.0. The van der Waals surface area contributed by atoms with Crippen LogP contribution in [0, 0.1) is 0 Å². The molecule has 0 amide bonds. The zero-order valence-electron chi connectivity index (χ0n) is 22.0. The molecule has 1 rings (SSSR count). The molecule has 1 saturated heterocycles. The number of carboxylic acids is 4. The van der Waals surface area contributed by atoms with Gasteiger partial charge in [0.25, 0.3) is 0 Å². The van der Waals surface area contributed by atoms with Crippen LogP contribution in [0.25, 0.3) is 0 Å². The highest BCUT2D eigenvalue weighted by Crippen LogP contribution is 2.20. The van der Waals surface area contributed by atoms with Crippen LogP contribution in [-0.4, -0.2) is 140 Å². The summed E-state index contributed by atoms with van der Waals surface area (Å²) in [6.07, 6.45) is 2.30. The van der Waals surface area contributed by atoms with Crippen molar-refractivity contribution in [1.29, 1.82) is 0 Å². The first-order chi connectivity index (χ1) is 16.9. The van der Waals surface area contributed by atoms with Gasteiger partial charge >= 0.3 is 23.9 Å². The molecule has 1 heterocycles. The summed E-state index contributed by atoms with van der Waals surface area (Å²) in [5.41, 5.74) is 0. The van der Waals surface area contributed by atoms with Gasteiger partial charge in [-0.1, -0.05) is 27.7 Å². The van der Waals surface area contributed by atoms with Crippen molar-refractivity contribution in [3.8, 4) is 0 Å². The summed E-state index contributed by atoms with van der Waals surface area (Å²) in [7, 11) is 0. The van der Waals surface area contributed by atoms with Crippen LogP contribution in [0.2, 0.25) is 0 Å². The smallest absolute Gasteiger partial charge is 0.317 e. The number of rotatable bonds is 12. The maximum absolute atomic E-state index is 11.8. The molecular weight excluding hydrogens is 472 g/mol. The zero-order chi connectivity index (χ0) is 27.4. The number of hydrogen-bond donors (Lipinski definition) is 4. The van der Waals surface area contributed by atoms with Crippen molar-refractivity contribution in [1.82, 2.24) is 19.6 Å². The molecule has 12 nitrogen and oxygen atoms in total. The summed E-state index contributed by atoms with van der Waals surface area (Å²) in [5, 5.41) is 38.5. The van der Waals surface area contributed by atoms with Crippen LogP contribution in [0.4, 0.5) is 0 Å². The fourth-order valence-corrected chi connectivity index (χ4v) is 5.16. The third kappa shape index (κ3) is 10.4. The Morgan fingerprint density at radius 1 is 0.472 bits per heavy atom. The molecule has 0 spiro atoms. The standard InChI is InChI=1S/C24H44N4O8/c1-5-17-9-26(14-22(31)32)19(7-3)11-28(16-24(35)36)20(8-4)12-27(15-23(33)34)18(6-2)10-25(17)13-21(29)30/h17-20H,5-16H2,1-4H3,(H,29,30)(H,31,32)(H,33,34)(H,35,36)/t17-,18-,19-,20-/m1/s1. The molecule has 0 aromatic rings. The Bertz CT molecular complexity index is 617. The second-order valence-electron chi connectivity index (χ2n) is 9.54. The normalized spacial score (nSPS) is 26.1. The average molecular weight is 517 g/mol. The predicted molar refractivity (Wildman–Crippen MR) is 133 cm³/mol. The maximum Gasteiger partial charge on any atom is 0.317 e. The summed E-state index contributed by atoms with van der Waals surface area (Å²) in [6.45, 7) is 7.96. The van der Waals surface area contributed by atoms with Crippen LogP contribution in [0.15, 0.2) is 0 Å². The van der Waals surface area contributed by atoms with Crippen molar-refractivity contribution in [2.75, 3.05) is 52.4 Å². The van der Waals surface area contributed by atoms with Crippen molar-refractivity contribution in [2.45, 2.75) is 77.5 Å². The Balaban J connectivity index is 3.62. The van der Waals surface area contributed by atoms with E-state index in [1.807, 2.05) is 47.3 Å². The summed E-state index contributed by atoms with van der Waals surface area (Å²) < 4.78 is 0. The molecule has 1 aliphatic heterocycles. The quantitative estimate of drug-likeness (QED) is 0.287. The Labute approximate surface area is 213 Å². The molecular formula is C24H44N4O8. The fourth-order valence-electron chi connectivity index (χ4n) is 5.16. The van der Waals surface area contributed by atoms with Crippen molar-refractivity contribution < 1.29 is 39.6 Å². The number of carbonyl (C=O) groups is 4. The summed E-state index contributed by atoms with van der Waals surface area (Å²) in [5.74, 6) is -4.01. The van der Waals surface area contributed by atoms with Gasteiger partial charge in [0.15, 0.2) is 0 Å². The van der Waals surface area contributed by atoms with Crippen LogP contribution in [-0.2, 0) is 19.2 Å². The average Bonchev–Trinajstić information content (AvgIpc) is 2.78. The van der Waals surface area contributed by atoms with E-state index in [0.717, 1.165) is 0 Å². The Hall–Kier alpha value is -2.28. The molecule has 0 saturated carbocycles. The minimum absolute atomic E-state index is 0.240. The van der Waals surface area contributed by atoms with Crippen LogP contribution < -0.4 is 0 Å². The maximum atomic E-state index is 11.8. The number of nitrogens with zero attached hydrogens (tertiary/aromatic N) is 4. The lowest BCUT2D eigenvalue weighted by molar-refractivity contribution is -0.144. The highest BCUT2D eigenvalue weighted by Gasteiger charge is 2.34. The summed E-state index contributed by atoms with van der Waals surface area (Å²) in [4.78, 5) is 54.3. The van der Waals surface area contributed by atoms with E-state index in [0.29, 0.717) is 51.9 Å². The van der Waals surface area contributed by atoms with Crippen LogP contribution in [0.5, 0.6) is 0 Å². The molecule has 0 aliphatic carbocycles. The van der Waals surface area contributed by atoms with Crippen molar-refractivity contribution >= 4 is 23.9 Å². The number of hydrogen-bond acceptors (Lipinski definition) is 8. The van der Waals surface area contributed by atoms with Gasteiger partial charge in [0.1, 0.15) is 0 Å². The van der Waals surface area contributed by atoms with Crippen molar-refractivity contribution in [2.24, 2.45) is 0 Å². The molecule has 0 radical (unpaired) electrons. The largest absolute Gasteiger partial charge is 0.480 e. The highest BCUT2D eigenvalue weighted by molar-refractivity contribution is 5.70. The Morgan fingerprint density at radius 2 is 0.639 bits per heavy atom. The molecule has 0 aromatic heterocycles. The third-order valence-electron chi connectivity index (χ3n) is 7.09. The molecule has 208 valence electrons. The monoisotopic (exact) mass is 516 g/mol. The van der Waals surface area contributed by atoms with Gasteiger partial charge in [-0.25, -0.2) is 0 Å². The van der Waals surface area contributed by atoms with E-state index < -0.39 is 23.9 Å². The van der Waals surface area contributed by atoms with E-state index >= 15 is 0 Å². The van der Waals surface area contributed by atoms with Gasteiger partial charge in [-0.2, -0.15) is 0 Å². The highest BCUT2D eigenvalue weighted by atomic mass is 16.4. The van der Waals surface area contributed by atoms with Crippen molar-refractivity contribution in [3.63, 3.8) is 0 Å². The third-order valence-corrected chi connectivity index (χ3v) is 7.09. The first-order valence-electron chi connectivity index (χ1n) is 12.8. The number of carboxylic acid groups (broad SMARTS) is 4. The second kappa shape index (κ2) is 15.7. The molecule has 0 aromatic carbocycles. The van der Waals surface area contributed by atoms with E-state index in [4.69, 9.17) is 0 Å². The minimum Gasteiger partial charge on any atom is -0.480 e. The zero-order valence-corrected chi connectivity index (χ0v) is 22.0. The van der Waals surface area contributed by atoms with Crippen LogP contribution in [0.1, 0.15) is 53.4 Å². The van der Waals surface area contributed by atoms with Gasteiger partial charge in [-0.15, -0.1) is 0 Å². The Morgan fingerprint density at radius 3 is 0.750 bits per heavy atom. The minimum atomic E-state index is -1.00. The topological polar surface area (TPSA) is 162 Å². The van der Waals surface area contributed by atoms with Gasteiger partial charge in [0.2, 0.25) is 0 Å². The van der Waals surface area contributed by atoms with E-state index in [1.165, 1.54) is 0 Å². The Kier molecular flexibility index (Phi) is 13.9. The first-order valence-corrected chi connectivity index (χ1v) is 12.8. The second-order valence-corrected chi connectivity index (χ2v) is 9.54. The molecule has 4 atom stereocenters. The fraction of sp³-hybridized carbons (Fsp3) is 0.833. The van der Waals surface area contributed by atoms with Crippen LogP contribution in [0.3, 0.4) is 0 Å². The number of aliphatic carboxylic acids is 4. The lowest BCUT2D eigenvalue weighted by Crippen LogP contribution is -2.59. The predicted octanol–water partition coefficient (Wildman–Crippen LogP) is 0.661. The van der Waals surface area contributed by atoms with Crippen LogP contribution >= 0.6 is 0 Å². The lowest BCUT2D eigenvalue weighted by Gasteiger charge is -2.45. The first kappa shape index (κ1) is 31.7. The van der Waals surface area contributed by atoms with Crippen molar-refractivity contribution in [3.05, 3.63) is 0 Å². The van der Waals surface area contributed by atoms with E-state index in [2.05, 4.69) is 0 Å². The summed E-state index contributed by atoms with van der Waals surface area (Å²) in [6, 6.07) is -1.09. The molecule has 0 unspecified atom stereocenters. The molecule has 12 heteroatoms. The molecule has 1 fully saturated rings. The van der Waals surface area contributed by atoms with E-state index in [1.54, 1.807) is 0 Å².